The molecular weight excluding hydrogens is 276 g/mol. The number of hydrogen-bond acceptors (Lipinski definition) is 2. The smallest absolute Gasteiger partial charge is 0.328 e. The van der Waals surface area contributed by atoms with E-state index in [0.29, 0.717) is 11.6 Å². The maximum Gasteiger partial charge on any atom is 0.328 e. The standard InChI is InChI=1S/C16H13ClO3/c17-14-3-1-2-13(10-14)11-20-15-7-4-12(5-8-15)6-9-16(18)19/h1-10H,11H2,(H,18,19)/b9-6+. The van der Waals surface area contributed by atoms with E-state index in [1.165, 1.54) is 6.08 Å². The van der Waals surface area contributed by atoms with E-state index in [-0.39, 0.29) is 0 Å². The van der Waals surface area contributed by atoms with E-state index in [0.717, 1.165) is 23.0 Å². The van der Waals surface area contributed by atoms with Crippen molar-refractivity contribution in [3.63, 3.8) is 0 Å². The van der Waals surface area contributed by atoms with Crippen LogP contribution in [0.3, 0.4) is 0 Å². The first kappa shape index (κ1) is 14.2. The van der Waals surface area contributed by atoms with Crippen molar-refractivity contribution in [1.29, 1.82) is 0 Å². The molecule has 0 unspecified atom stereocenters. The van der Waals surface area contributed by atoms with Gasteiger partial charge in [0.2, 0.25) is 0 Å². The molecular formula is C16H13ClO3. The van der Waals surface area contributed by atoms with Crippen molar-refractivity contribution in [2.45, 2.75) is 6.61 Å². The fraction of sp³-hybridized carbons (Fsp3) is 0.0625. The highest BCUT2D eigenvalue weighted by Crippen LogP contribution is 2.16. The van der Waals surface area contributed by atoms with Crippen molar-refractivity contribution in [2.24, 2.45) is 0 Å². The highest BCUT2D eigenvalue weighted by molar-refractivity contribution is 6.30. The van der Waals surface area contributed by atoms with E-state index in [4.69, 9.17) is 21.4 Å². The Balaban J connectivity index is 1.95. The van der Waals surface area contributed by atoms with Crippen LogP contribution in [-0.2, 0) is 11.4 Å². The third-order valence-corrected chi connectivity index (χ3v) is 2.83. The average molecular weight is 289 g/mol. The molecule has 0 aromatic heterocycles. The van der Waals surface area contributed by atoms with Crippen molar-refractivity contribution in [1.82, 2.24) is 0 Å². The van der Waals surface area contributed by atoms with Gasteiger partial charge in [-0.1, -0.05) is 35.9 Å². The Morgan fingerprint density at radius 1 is 1.20 bits per heavy atom. The van der Waals surface area contributed by atoms with Crippen LogP contribution in [0.2, 0.25) is 5.02 Å². The van der Waals surface area contributed by atoms with Crippen LogP contribution in [0.5, 0.6) is 5.75 Å². The molecule has 3 nitrogen and oxygen atoms in total. The largest absolute Gasteiger partial charge is 0.489 e. The van der Waals surface area contributed by atoms with Gasteiger partial charge in [0.15, 0.2) is 0 Å². The van der Waals surface area contributed by atoms with Gasteiger partial charge in [0, 0.05) is 11.1 Å². The maximum atomic E-state index is 10.4. The summed E-state index contributed by atoms with van der Waals surface area (Å²) < 4.78 is 5.63. The lowest BCUT2D eigenvalue weighted by Crippen LogP contribution is -1.95. The van der Waals surface area contributed by atoms with Gasteiger partial charge >= 0.3 is 5.97 Å². The summed E-state index contributed by atoms with van der Waals surface area (Å²) in [7, 11) is 0. The molecule has 2 aromatic carbocycles. The maximum absolute atomic E-state index is 10.4. The van der Waals surface area contributed by atoms with Gasteiger partial charge in [0.05, 0.1) is 0 Å². The molecule has 0 atom stereocenters. The molecule has 4 heteroatoms. The van der Waals surface area contributed by atoms with E-state index in [9.17, 15) is 4.79 Å². The fourth-order valence-corrected chi connectivity index (χ4v) is 1.85. The minimum Gasteiger partial charge on any atom is -0.489 e. The number of halogens is 1. The summed E-state index contributed by atoms with van der Waals surface area (Å²) in [4.78, 5) is 10.4. The number of ether oxygens (including phenoxy) is 1. The molecule has 0 spiro atoms. The lowest BCUT2D eigenvalue weighted by Gasteiger charge is -2.06. The molecule has 20 heavy (non-hydrogen) atoms. The predicted molar refractivity (Wildman–Crippen MR) is 78.9 cm³/mol. The molecule has 102 valence electrons. The van der Waals surface area contributed by atoms with Crippen LogP contribution in [-0.4, -0.2) is 11.1 Å². The first-order valence-corrected chi connectivity index (χ1v) is 6.39. The van der Waals surface area contributed by atoms with Gasteiger partial charge < -0.3 is 9.84 Å². The Morgan fingerprint density at radius 2 is 1.95 bits per heavy atom. The van der Waals surface area contributed by atoms with Gasteiger partial charge in [0.25, 0.3) is 0 Å². The lowest BCUT2D eigenvalue weighted by molar-refractivity contribution is -0.131. The first-order valence-electron chi connectivity index (χ1n) is 6.02. The van der Waals surface area contributed by atoms with Crippen molar-refractivity contribution in [2.75, 3.05) is 0 Å². The summed E-state index contributed by atoms with van der Waals surface area (Å²) in [5.41, 5.74) is 1.80. The van der Waals surface area contributed by atoms with Gasteiger partial charge in [-0.2, -0.15) is 0 Å². The quantitative estimate of drug-likeness (QED) is 0.845. The lowest BCUT2D eigenvalue weighted by atomic mass is 10.2. The number of carbonyl (C=O) groups is 1. The van der Waals surface area contributed by atoms with E-state index in [1.807, 2.05) is 24.3 Å². The van der Waals surface area contributed by atoms with Crippen LogP contribution in [0.1, 0.15) is 11.1 Å². The highest BCUT2D eigenvalue weighted by Gasteiger charge is 1.97. The van der Waals surface area contributed by atoms with Crippen LogP contribution >= 0.6 is 11.6 Å². The molecule has 2 rings (SSSR count). The Morgan fingerprint density at radius 3 is 2.60 bits per heavy atom. The van der Waals surface area contributed by atoms with Crippen LogP contribution < -0.4 is 4.74 Å². The average Bonchev–Trinajstić information content (AvgIpc) is 2.44. The van der Waals surface area contributed by atoms with Gasteiger partial charge in [-0.3, -0.25) is 0 Å². The van der Waals surface area contributed by atoms with Gasteiger partial charge in [-0.15, -0.1) is 0 Å². The molecule has 2 aromatic rings. The summed E-state index contributed by atoms with van der Waals surface area (Å²) >= 11 is 5.90. The number of hydrogen-bond donors (Lipinski definition) is 1. The Kier molecular flexibility index (Phi) is 4.80. The second-order valence-corrected chi connectivity index (χ2v) is 4.60. The van der Waals surface area contributed by atoms with Crippen LogP contribution in [0, 0.1) is 0 Å². The number of carboxylic acids is 1. The van der Waals surface area contributed by atoms with E-state index < -0.39 is 5.97 Å². The molecule has 0 heterocycles. The third kappa shape index (κ3) is 4.44. The molecule has 0 aliphatic carbocycles. The number of rotatable bonds is 5. The molecule has 0 aliphatic heterocycles. The molecule has 0 bridgehead atoms. The van der Waals surface area contributed by atoms with Crippen molar-refractivity contribution in [3.05, 3.63) is 70.8 Å². The zero-order chi connectivity index (χ0) is 14.4. The summed E-state index contributed by atoms with van der Waals surface area (Å²) in [6.45, 7) is 0.435. The molecule has 0 amide bonds. The second kappa shape index (κ2) is 6.78. The minimum atomic E-state index is -0.966. The zero-order valence-electron chi connectivity index (χ0n) is 10.6. The summed E-state index contributed by atoms with van der Waals surface area (Å²) in [6, 6.07) is 14.7. The Bertz CT molecular complexity index is 618. The topological polar surface area (TPSA) is 46.5 Å². The Hall–Kier alpha value is -2.26. The molecule has 0 radical (unpaired) electrons. The summed E-state index contributed by atoms with van der Waals surface area (Å²) in [5.74, 6) is -0.247. The first-order chi connectivity index (χ1) is 9.63. The van der Waals surface area contributed by atoms with Crippen LogP contribution in [0.4, 0.5) is 0 Å². The predicted octanol–water partition coefficient (Wildman–Crippen LogP) is 4.02. The summed E-state index contributed by atoms with van der Waals surface area (Å²) in [6.07, 6.45) is 2.63. The number of aliphatic carboxylic acids is 1. The number of carboxylic acid groups (broad SMARTS) is 1. The summed E-state index contributed by atoms with van der Waals surface area (Å²) in [5, 5.41) is 9.22. The highest BCUT2D eigenvalue weighted by atomic mass is 35.5. The van der Waals surface area contributed by atoms with Gasteiger partial charge in [0.1, 0.15) is 12.4 Å². The monoisotopic (exact) mass is 288 g/mol. The van der Waals surface area contributed by atoms with E-state index >= 15 is 0 Å². The number of benzene rings is 2. The van der Waals surface area contributed by atoms with Crippen molar-refractivity contribution >= 4 is 23.6 Å². The third-order valence-electron chi connectivity index (χ3n) is 2.59. The minimum absolute atomic E-state index is 0.435. The molecule has 0 fully saturated rings. The van der Waals surface area contributed by atoms with E-state index in [1.54, 1.807) is 24.3 Å². The SMILES string of the molecule is O=C(O)/C=C/c1ccc(OCc2cccc(Cl)c2)cc1. The molecule has 0 saturated heterocycles. The van der Waals surface area contributed by atoms with Gasteiger partial charge in [-0.25, -0.2) is 4.79 Å². The zero-order valence-corrected chi connectivity index (χ0v) is 11.4. The van der Waals surface area contributed by atoms with Gasteiger partial charge in [-0.05, 0) is 41.5 Å². The van der Waals surface area contributed by atoms with Crippen molar-refractivity contribution in [3.8, 4) is 5.75 Å². The molecule has 1 N–H and O–H groups in total. The normalized spacial score (nSPS) is 10.7. The van der Waals surface area contributed by atoms with E-state index in [2.05, 4.69) is 0 Å². The second-order valence-electron chi connectivity index (χ2n) is 4.16. The van der Waals surface area contributed by atoms with Crippen molar-refractivity contribution < 1.29 is 14.6 Å². The fourth-order valence-electron chi connectivity index (χ4n) is 1.64. The van der Waals surface area contributed by atoms with Crippen LogP contribution in [0.15, 0.2) is 54.6 Å². The molecule has 0 aliphatic rings. The molecule has 0 saturated carbocycles. The Labute approximate surface area is 122 Å². The van der Waals surface area contributed by atoms with Crippen LogP contribution in [0.25, 0.3) is 6.08 Å².